The average Bonchev–Trinajstić information content (AvgIpc) is 3.51. The Hall–Kier alpha value is -4.92. The van der Waals surface area contributed by atoms with Crippen molar-refractivity contribution in [3.05, 3.63) is 120 Å². The van der Waals surface area contributed by atoms with Gasteiger partial charge in [0.1, 0.15) is 6.04 Å². The van der Waals surface area contributed by atoms with Gasteiger partial charge in [-0.15, -0.1) is 0 Å². The standard InChI is InChI=1S/C36H33F3N2O4/c1-24(42)40-21-5-8-32(40)23-41(33(35(44)45)22-25-9-11-27(12-10-25)26-6-3-2-4-7-26)34(43)30-15-13-28(14-16-30)29-17-19-31(20-18-29)36(37,38)39/h2-4,6-7,9-20,32-33H,5,8,21-23H2,1H3,(H,44,45)/t32-,33-/m0/s1. The van der Waals surface area contributed by atoms with Crippen molar-refractivity contribution in [2.75, 3.05) is 13.1 Å². The van der Waals surface area contributed by atoms with Crippen LogP contribution in [0.15, 0.2) is 103 Å². The highest BCUT2D eigenvalue weighted by molar-refractivity contribution is 5.97. The molecule has 1 saturated heterocycles. The highest BCUT2D eigenvalue weighted by Crippen LogP contribution is 2.31. The maximum Gasteiger partial charge on any atom is 0.416 e. The predicted molar refractivity (Wildman–Crippen MR) is 165 cm³/mol. The Morgan fingerprint density at radius 1 is 0.822 bits per heavy atom. The highest BCUT2D eigenvalue weighted by Gasteiger charge is 2.36. The minimum atomic E-state index is -4.44. The fraction of sp³-hybridized carbons (Fsp3) is 0.250. The highest BCUT2D eigenvalue weighted by atomic mass is 19.4. The van der Waals surface area contributed by atoms with Crippen LogP contribution in [0, 0.1) is 0 Å². The number of carboxylic acids is 1. The second-order valence-corrected chi connectivity index (χ2v) is 11.2. The maximum atomic E-state index is 14.0. The van der Waals surface area contributed by atoms with E-state index in [1.165, 1.54) is 24.0 Å². The van der Waals surface area contributed by atoms with Crippen molar-refractivity contribution in [2.45, 2.75) is 44.4 Å². The number of carboxylic acid groups (broad SMARTS) is 1. The molecule has 9 heteroatoms. The van der Waals surface area contributed by atoms with Gasteiger partial charge in [-0.05, 0) is 64.9 Å². The zero-order valence-corrected chi connectivity index (χ0v) is 24.7. The van der Waals surface area contributed by atoms with Gasteiger partial charge in [0.2, 0.25) is 5.91 Å². The Morgan fingerprint density at radius 2 is 1.36 bits per heavy atom. The third-order valence-electron chi connectivity index (χ3n) is 8.28. The van der Waals surface area contributed by atoms with Crippen molar-refractivity contribution in [3.8, 4) is 22.3 Å². The summed E-state index contributed by atoms with van der Waals surface area (Å²) in [7, 11) is 0. The molecule has 1 aliphatic heterocycles. The van der Waals surface area contributed by atoms with Gasteiger partial charge in [0, 0.05) is 38.0 Å². The molecular weight excluding hydrogens is 581 g/mol. The number of carbonyl (C=O) groups excluding carboxylic acids is 2. The van der Waals surface area contributed by atoms with E-state index in [0.717, 1.165) is 35.2 Å². The van der Waals surface area contributed by atoms with E-state index in [9.17, 15) is 32.7 Å². The summed E-state index contributed by atoms with van der Waals surface area (Å²) < 4.78 is 39.0. The molecular formula is C36H33F3N2O4. The van der Waals surface area contributed by atoms with Crippen molar-refractivity contribution in [1.82, 2.24) is 9.80 Å². The van der Waals surface area contributed by atoms with Crippen molar-refractivity contribution >= 4 is 17.8 Å². The van der Waals surface area contributed by atoms with Crippen molar-refractivity contribution < 1.29 is 32.7 Å². The summed E-state index contributed by atoms with van der Waals surface area (Å²) in [6.45, 7) is 2.06. The fourth-order valence-electron chi connectivity index (χ4n) is 5.86. The van der Waals surface area contributed by atoms with Crippen LogP contribution >= 0.6 is 0 Å². The number of nitrogens with zero attached hydrogens (tertiary/aromatic N) is 2. The first-order valence-electron chi connectivity index (χ1n) is 14.7. The number of likely N-dealkylation sites (tertiary alicyclic amines) is 1. The minimum Gasteiger partial charge on any atom is -0.480 e. The lowest BCUT2D eigenvalue weighted by Gasteiger charge is -2.34. The lowest BCUT2D eigenvalue weighted by molar-refractivity contribution is -0.142. The van der Waals surface area contributed by atoms with Gasteiger partial charge in [-0.3, -0.25) is 9.59 Å². The number of benzene rings is 4. The minimum absolute atomic E-state index is 0.0537. The zero-order chi connectivity index (χ0) is 32.1. The van der Waals surface area contributed by atoms with Crippen molar-refractivity contribution in [2.24, 2.45) is 0 Å². The number of carbonyl (C=O) groups is 3. The molecule has 5 rings (SSSR count). The van der Waals surface area contributed by atoms with Crippen molar-refractivity contribution in [1.29, 1.82) is 0 Å². The van der Waals surface area contributed by atoms with Crippen LogP contribution in [0.1, 0.15) is 41.3 Å². The third kappa shape index (κ3) is 7.42. The van der Waals surface area contributed by atoms with E-state index in [-0.39, 0.29) is 30.5 Å². The van der Waals surface area contributed by atoms with Crippen LogP contribution in [0.5, 0.6) is 0 Å². The number of hydrogen-bond acceptors (Lipinski definition) is 3. The van der Waals surface area contributed by atoms with E-state index in [0.29, 0.717) is 24.1 Å². The molecule has 1 N–H and O–H groups in total. The second-order valence-electron chi connectivity index (χ2n) is 11.2. The molecule has 2 amide bonds. The summed E-state index contributed by atoms with van der Waals surface area (Å²) in [6.07, 6.45) is -2.98. The number of amides is 2. The number of hydrogen-bond donors (Lipinski definition) is 1. The van der Waals surface area contributed by atoms with Crippen LogP contribution in [-0.4, -0.2) is 57.9 Å². The molecule has 0 unspecified atom stereocenters. The topological polar surface area (TPSA) is 77.9 Å². The van der Waals surface area contributed by atoms with E-state index < -0.39 is 29.7 Å². The number of halogens is 3. The average molecular weight is 615 g/mol. The van der Waals surface area contributed by atoms with Gasteiger partial charge in [-0.2, -0.15) is 13.2 Å². The van der Waals surface area contributed by atoms with Gasteiger partial charge in [-0.1, -0.05) is 78.9 Å². The fourth-order valence-corrected chi connectivity index (χ4v) is 5.86. The molecule has 2 atom stereocenters. The molecule has 232 valence electrons. The lowest BCUT2D eigenvalue weighted by Crippen LogP contribution is -2.52. The van der Waals surface area contributed by atoms with Gasteiger partial charge in [0.05, 0.1) is 5.56 Å². The first-order chi connectivity index (χ1) is 21.5. The number of aliphatic carboxylic acids is 1. The number of rotatable bonds is 9. The van der Waals surface area contributed by atoms with Gasteiger partial charge >= 0.3 is 12.1 Å². The molecule has 0 spiro atoms. The number of alkyl halides is 3. The van der Waals surface area contributed by atoms with Gasteiger partial charge in [0.15, 0.2) is 0 Å². The summed E-state index contributed by atoms with van der Waals surface area (Å²) >= 11 is 0. The summed E-state index contributed by atoms with van der Waals surface area (Å²) in [4.78, 5) is 42.1. The van der Waals surface area contributed by atoms with Crippen LogP contribution < -0.4 is 0 Å². The van der Waals surface area contributed by atoms with Crippen LogP contribution in [0.4, 0.5) is 13.2 Å². The zero-order valence-electron chi connectivity index (χ0n) is 24.7. The summed E-state index contributed by atoms with van der Waals surface area (Å²) in [5.41, 5.74) is 3.39. The van der Waals surface area contributed by atoms with Crippen LogP contribution in [0.3, 0.4) is 0 Å². The molecule has 0 aromatic heterocycles. The van der Waals surface area contributed by atoms with Gasteiger partial charge < -0.3 is 14.9 Å². The normalized spacial score (nSPS) is 15.5. The SMILES string of the molecule is CC(=O)N1CCC[C@H]1CN(C(=O)c1ccc(-c2ccc(C(F)(F)F)cc2)cc1)[C@@H](Cc1ccc(-c2ccccc2)cc1)C(=O)O. The molecule has 0 radical (unpaired) electrons. The van der Waals surface area contributed by atoms with Crippen molar-refractivity contribution in [3.63, 3.8) is 0 Å². The van der Waals surface area contributed by atoms with Gasteiger partial charge in [-0.25, -0.2) is 4.79 Å². The molecule has 1 heterocycles. The molecule has 0 saturated carbocycles. The third-order valence-corrected chi connectivity index (χ3v) is 8.28. The Balaban J connectivity index is 1.42. The molecule has 4 aromatic carbocycles. The van der Waals surface area contributed by atoms with E-state index >= 15 is 0 Å². The quantitative estimate of drug-likeness (QED) is 0.217. The molecule has 6 nitrogen and oxygen atoms in total. The van der Waals surface area contributed by atoms with E-state index in [1.54, 1.807) is 29.2 Å². The first kappa shape index (κ1) is 31.5. The predicted octanol–water partition coefficient (Wildman–Crippen LogP) is 7.19. The van der Waals surface area contributed by atoms with Crippen LogP contribution in [0.2, 0.25) is 0 Å². The Morgan fingerprint density at radius 3 is 1.89 bits per heavy atom. The second kappa shape index (κ2) is 13.4. The first-order valence-corrected chi connectivity index (χ1v) is 14.7. The summed E-state index contributed by atoms with van der Waals surface area (Å²) in [5.74, 6) is -1.80. The van der Waals surface area contributed by atoms with Crippen LogP contribution in [-0.2, 0) is 22.2 Å². The van der Waals surface area contributed by atoms with E-state index in [2.05, 4.69) is 0 Å². The Labute approximate surface area is 259 Å². The summed E-state index contributed by atoms with van der Waals surface area (Å²) in [6, 6.07) is 26.9. The summed E-state index contributed by atoms with van der Waals surface area (Å²) in [5, 5.41) is 10.4. The lowest BCUT2D eigenvalue weighted by atomic mass is 9.98. The monoisotopic (exact) mass is 614 g/mol. The molecule has 1 fully saturated rings. The smallest absolute Gasteiger partial charge is 0.416 e. The largest absolute Gasteiger partial charge is 0.480 e. The molecule has 0 aliphatic carbocycles. The van der Waals surface area contributed by atoms with Gasteiger partial charge in [0.25, 0.3) is 5.91 Å². The van der Waals surface area contributed by atoms with E-state index in [1.807, 2.05) is 54.6 Å². The van der Waals surface area contributed by atoms with E-state index in [4.69, 9.17) is 0 Å². The maximum absolute atomic E-state index is 14.0. The Bertz CT molecular complexity index is 1640. The molecule has 0 bridgehead atoms. The molecule has 45 heavy (non-hydrogen) atoms. The Kier molecular flexibility index (Phi) is 9.37. The molecule has 1 aliphatic rings. The molecule has 4 aromatic rings. The van der Waals surface area contributed by atoms with Crippen LogP contribution in [0.25, 0.3) is 22.3 Å².